The molecule has 0 radical (unpaired) electrons. The molecule has 0 spiro atoms. The van der Waals surface area contributed by atoms with Crippen LogP contribution in [0.5, 0.6) is 0 Å². The average molecular weight is 615 g/mol. The third-order valence-corrected chi connectivity index (χ3v) is 8.87. The molecule has 8 nitrogen and oxygen atoms in total. The predicted molar refractivity (Wildman–Crippen MR) is 177 cm³/mol. The van der Waals surface area contributed by atoms with E-state index in [1.165, 1.54) is 11.3 Å². The molecule has 0 aliphatic carbocycles. The highest BCUT2D eigenvalue weighted by atomic mass is 32.1. The largest absolute Gasteiger partial charge is 0.465 e. The lowest BCUT2D eigenvalue weighted by atomic mass is 9.99. The van der Waals surface area contributed by atoms with Crippen molar-refractivity contribution in [3.05, 3.63) is 137 Å². The lowest BCUT2D eigenvalue weighted by molar-refractivity contribution is -0.123. The second kappa shape index (κ2) is 13.0. The minimum absolute atomic E-state index is 0.121. The Bertz CT molecular complexity index is 2020. The first kappa shape index (κ1) is 29.5. The van der Waals surface area contributed by atoms with Crippen LogP contribution in [0.15, 0.2) is 115 Å². The molecule has 6 aromatic rings. The van der Waals surface area contributed by atoms with Crippen LogP contribution < -0.4 is 16.4 Å². The maximum Gasteiger partial charge on any atom is 0.405 e. The summed E-state index contributed by atoms with van der Waals surface area (Å²) in [5, 5.41) is 19.8. The zero-order chi connectivity index (χ0) is 31.3. The molecule has 1 heterocycles. The van der Waals surface area contributed by atoms with Gasteiger partial charge < -0.3 is 21.5 Å². The van der Waals surface area contributed by atoms with Crippen LogP contribution in [0.25, 0.3) is 32.0 Å². The van der Waals surface area contributed by atoms with E-state index < -0.39 is 30.0 Å². The van der Waals surface area contributed by atoms with E-state index in [9.17, 15) is 19.5 Å². The highest BCUT2D eigenvalue weighted by Gasteiger charge is 2.28. The lowest BCUT2D eigenvalue weighted by Crippen LogP contribution is -2.48. The molecule has 5 N–H and O–H groups in total. The molecule has 9 heteroatoms. The van der Waals surface area contributed by atoms with Crippen LogP contribution in [0.2, 0.25) is 0 Å². The normalized spacial score (nSPS) is 12.4. The van der Waals surface area contributed by atoms with Crippen molar-refractivity contribution < 1.29 is 19.5 Å². The van der Waals surface area contributed by atoms with Crippen LogP contribution >= 0.6 is 11.3 Å². The van der Waals surface area contributed by atoms with Crippen molar-refractivity contribution in [3.8, 4) is 10.4 Å². The first-order chi connectivity index (χ1) is 21.8. The number of benzene rings is 5. The van der Waals surface area contributed by atoms with Crippen LogP contribution in [0.4, 0.5) is 4.79 Å². The summed E-state index contributed by atoms with van der Waals surface area (Å²) < 4.78 is 0. The van der Waals surface area contributed by atoms with Crippen LogP contribution in [-0.4, -0.2) is 34.0 Å². The Morgan fingerprint density at radius 2 is 1.27 bits per heavy atom. The molecule has 3 amide bonds. The number of amides is 3. The molecule has 45 heavy (non-hydrogen) atoms. The maximum atomic E-state index is 13.9. The Labute approximate surface area is 263 Å². The van der Waals surface area contributed by atoms with Crippen LogP contribution in [0.3, 0.4) is 0 Å². The topological polar surface area (TPSA) is 134 Å². The third-order valence-electron chi connectivity index (χ3n) is 7.65. The number of nitrogens with two attached hydrogens (primary N) is 1. The number of rotatable bonds is 10. The van der Waals surface area contributed by atoms with Gasteiger partial charge in [0, 0.05) is 6.42 Å². The molecule has 5 aromatic carbocycles. The summed E-state index contributed by atoms with van der Waals surface area (Å²) in [5.74, 6) is -1.18. The van der Waals surface area contributed by atoms with Gasteiger partial charge in [-0.2, -0.15) is 0 Å². The van der Waals surface area contributed by atoms with Gasteiger partial charge in [-0.05, 0) is 44.7 Å². The van der Waals surface area contributed by atoms with E-state index in [-0.39, 0.29) is 12.1 Å². The van der Waals surface area contributed by atoms with Gasteiger partial charge in [0.15, 0.2) is 0 Å². The van der Waals surface area contributed by atoms with E-state index in [2.05, 4.69) is 21.7 Å². The molecule has 0 fully saturated rings. The summed E-state index contributed by atoms with van der Waals surface area (Å²) in [6.07, 6.45) is -0.809. The van der Waals surface area contributed by atoms with Gasteiger partial charge in [-0.25, -0.2) is 9.78 Å². The Morgan fingerprint density at radius 1 is 0.711 bits per heavy atom. The molecule has 0 saturated carbocycles. The van der Waals surface area contributed by atoms with Crippen molar-refractivity contribution in [2.24, 2.45) is 5.73 Å². The molecular weight excluding hydrogens is 584 g/mol. The number of nitrogens with zero attached hydrogens (tertiary/aromatic N) is 1. The zero-order valence-electron chi connectivity index (χ0n) is 24.1. The van der Waals surface area contributed by atoms with Gasteiger partial charge in [0.2, 0.25) is 5.91 Å². The fraction of sp³-hybridized carbons (Fsp3) is 0.111. The number of carboxylic acid groups (broad SMARTS) is 1. The Morgan fingerprint density at radius 3 is 1.84 bits per heavy atom. The predicted octanol–water partition coefficient (Wildman–Crippen LogP) is 6.49. The van der Waals surface area contributed by atoms with E-state index in [1.807, 2.05) is 109 Å². The highest BCUT2D eigenvalue weighted by Crippen LogP contribution is 2.34. The Balaban J connectivity index is 1.35. The monoisotopic (exact) mass is 614 g/mol. The van der Waals surface area contributed by atoms with Crippen molar-refractivity contribution in [2.45, 2.75) is 24.9 Å². The standard InChI is InChI=1S/C36H30N4O4S/c37-33(41)31-32(26-10-2-1-3-11-26)45-35(40-31)30(21-23-15-17-25-9-5-7-13-28(25)19-23)38-34(42)29(39-36(43)44)20-22-14-16-24-8-4-6-12-27(24)18-22/h1-19,29-30,39H,20-21H2,(H2,37,41)(H,38,42)(H,43,44)/t29-,30-/m1/s1. The van der Waals surface area contributed by atoms with E-state index in [4.69, 9.17) is 5.73 Å². The van der Waals surface area contributed by atoms with Crippen LogP contribution in [0, 0.1) is 0 Å². The minimum Gasteiger partial charge on any atom is -0.465 e. The van der Waals surface area contributed by atoms with Crippen molar-refractivity contribution in [3.63, 3.8) is 0 Å². The molecule has 0 aliphatic heterocycles. The van der Waals surface area contributed by atoms with Gasteiger partial charge in [-0.1, -0.05) is 115 Å². The second-order valence-electron chi connectivity index (χ2n) is 10.8. The SMILES string of the molecule is NC(=O)c1nc([C@@H](Cc2ccc3ccccc3c2)NC(=O)[C@@H](Cc2ccc3ccccc3c2)NC(=O)O)sc1-c1ccccc1. The first-order valence-electron chi connectivity index (χ1n) is 14.4. The second-order valence-corrected chi connectivity index (χ2v) is 11.8. The van der Waals surface area contributed by atoms with Gasteiger partial charge >= 0.3 is 6.09 Å². The van der Waals surface area contributed by atoms with E-state index >= 15 is 0 Å². The fourth-order valence-corrected chi connectivity index (χ4v) is 6.60. The van der Waals surface area contributed by atoms with Crippen molar-refractivity contribution in [2.75, 3.05) is 0 Å². The number of hydrogen-bond acceptors (Lipinski definition) is 5. The number of carbonyl (C=O) groups is 3. The smallest absolute Gasteiger partial charge is 0.405 e. The quantitative estimate of drug-likeness (QED) is 0.140. The van der Waals surface area contributed by atoms with Crippen LogP contribution in [-0.2, 0) is 17.6 Å². The van der Waals surface area contributed by atoms with Gasteiger partial charge in [0.25, 0.3) is 5.91 Å². The van der Waals surface area contributed by atoms with Crippen molar-refractivity contribution >= 4 is 50.8 Å². The molecule has 0 aliphatic rings. The molecule has 2 atom stereocenters. The zero-order valence-corrected chi connectivity index (χ0v) is 25.0. The van der Waals surface area contributed by atoms with E-state index in [0.717, 1.165) is 38.2 Å². The van der Waals surface area contributed by atoms with Crippen molar-refractivity contribution in [1.29, 1.82) is 0 Å². The fourth-order valence-electron chi connectivity index (χ4n) is 5.47. The molecule has 6 rings (SSSR count). The molecule has 0 saturated heterocycles. The van der Waals surface area contributed by atoms with Gasteiger partial charge in [0.05, 0.1) is 10.9 Å². The molecule has 224 valence electrons. The van der Waals surface area contributed by atoms with E-state index in [0.29, 0.717) is 16.3 Å². The summed E-state index contributed by atoms with van der Waals surface area (Å²) in [5.41, 5.74) is 8.41. The molecule has 0 unspecified atom stereocenters. The number of hydrogen-bond donors (Lipinski definition) is 4. The molecular formula is C36H30N4O4S. The molecule has 1 aromatic heterocycles. The summed E-state index contributed by atoms with van der Waals surface area (Å²) in [6.45, 7) is 0. The Kier molecular flexibility index (Phi) is 8.52. The van der Waals surface area contributed by atoms with Gasteiger partial charge in [-0.3, -0.25) is 9.59 Å². The Hall–Kier alpha value is -5.54. The summed E-state index contributed by atoms with van der Waals surface area (Å²) in [7, 11) is 0. The number of carbonyl (C=O) groups excluding carboxylic acids is 2. The highest BCUT2D eigenvalue weighted by molar-refractivity contribution is 7.15. The van der Waals surface area contributed by atoms with Gasteiger partial charge in [-0.15, -0.1) is 11.3 Å². The summed E-state index contributed by atoms with van der Waals surface area (Å²) >= 11 is 1.28. The number of aromatic nitrogens is 1. The lowest BCUT2D eigenvalue weighted by Gasteiger charge is -2.22. The number of primary amides is 1. The minimum atomic E-state index is -1.31. The number of fused-ring (bicyclic) bond motifs is 2. The van der Waals surface area contributed by atoms with Crippen LogP contribution in [0.1, 0.15) is 32.7 Å². The molecule has 0 bridgehead atoms. The first-order valence-corrected chi connectivity index (χ1v) is 15.3. The van der Waals surface area contributed by atoms with Gasteiger partial charge in [0.1, 0.15) is 16.7 Å². The third kappa shape index (κ3) is 6.84. The van der Waals surface area contributed by atoms with E-state index in [1.54, 1.807) is 0 Å². The summed E-state index contributed by atoms with van der Waals surface area (Å²) in [6, 6.07) is 35.3. The number of thiazole rings is 1. The number of nitrogens with one attached hydrogen (secondary N) is 2. The van der Waals surface area contributed by atoms with Crippen molar-refractivity contribution in [1.82, 2.24) is 15.6 Å². The maximum absolute atomic E-state index is 13.9. The average Bonchev–Trinajstić information content (AvgIpc) is 3.50. The summed E-state index contributed by atoms with van der Waals surface area (Å²) in [4.78, 5) is 43.4.